The van der Waals surface area contributed by atoms with E-state index in [0.717, 1.165) is 88.5 Å². The van der Waals surface area contributed by atoms with E-state index < -0.39 is 11.5 Å². The van der Waals surface area contributed by atoms with Gasteiger partial charge in [0.15, 0.2) is 0 Å². The van der Waals surface area contributed by atoms with E-state index in [9.17, 15) is 24.6 Å². The Balaban J connectivity index is 0.950. The Labute approximate surface area is 332 Å². The summed E-state index contributed by atoms with van der Waals surface area (Å²) >= 11 is 6.69. The number of H-pyrrole nitrogens is 1. The number of fused-ring (bicyclic) bond motifs is 4. The van der Waals surface area contributed by atoms with E-state index in [0.29, 0.717) is 51.9 Å². The lowest BCUT2D eigenvalue weighted by Gasteiger charge is -2.45. The Bertz CT molecular complexity index is 2110. The molecule has 4 heterocycles. The fourth-order valence-electron chi connectivity index (χ4n) is 9.00. The summed E-state index contributed by atoms with van der Waals surface area (Å²) in [7, 11) is 3.30. The molecule has 4 aromatic rings. The van der Waals surface area contributed by atoms with Crippen molar-refractivity contribution in [1.82, 2.24) is 20.1 Å². The summed E-state index contributed by atoms with van der Waals surface area (Å²) in [5.74, 6) is 0.621. The minimum atomic E-state index is -0.938. The number of nitrogens with one attached hydrogen (secondary N) is 2. The highest BCUT2D eigenvalue weighted by molar-refractivity contribution is 6.34. The molecule has 3 aliphatic heterocycles. The maximum atomic E-state index is 14.0. The van der Waals surface area contributed by atoms with Gasteiger partial charge in [-0.15, -0.1) is 0 Å². The predicted octanol–water partition coefficient (Wildman–Crippen LogP) is 6.26. The Hall–Kier alpha value is -4.42. The normalized spacial score (nSPS) is 20.8. The third-order valence-corrected chi connectivity index (χ3v) is 12.6. The van der Waals surface area contributed by atoms with Gasteiger partial charge in [-0.1, -0.05) is 61.2 Å². The third kappa shape index (κ3) is 8.46. The Morgan fingerprint density at radius 2 is 1.86 bits per heavy atom. The molecule has 56 heavy (non-hydrogen) atoms. The zero-order valence-electron chi connectivity index (χ0n) is 32.3. The number of hydrogen-bond acceptors (Lipinski definition) is 9. The van der Waals surface area contributed by atoms with Crippen LogP contribution in [-0.4, -0.2) is 89.9 Å². The Morgan fingerprint density at radius 1 is 1.07 bits per heavy atom. The highest BCUT2D eigenvalue weighted by Gasteiger charge is 2.46. The lowest BCUT2D eigenvalue weighted by Crippen LogP contribution is -2.53. The highest BCUT2D eigenvalue weighted by atomic mass is 35.5. The Morgan fingerprint density at radius 3 is 2.59 bits per heavy atom. The van der Waals surface area contributed by atoms with E-state index in [2.05, 4.69) is 39.5 Å². The number of nitrogens with zero attached hydrogens (tertiary/aromatic N) is 2. The average Bonchev–Trinajstić information content (AvgIpc) is 3.21. The molecule has 298 valence electrons. The van der Waals surface area contributed by atoms with E-state index >= 15 is 0 Å². The summed E-state index contributed by atoms with van der Waals surface area (Å²) in [6.45, 7) is 4.05. The zero-order valence-corrected chi connectivity index (χ0v) is 33.1. The topological polar surface area (TPSA) is 144 Å². The molecule has 8 rings (SSSR count). The van der Waals surface area contributed by atoms with Gasteiger partial charge in [-0.3, -0.25) is 19.3 Å². The van der Waals surface area contributed by atoms with Crippen LogP contribution in [0.1, 0.15) is 90.1 Å². The fourth-order valence-corrected chi connectivity index (χ4v) is 9.27. The largest absolute Gasteiger partial charge is 0.506 e. The number of carbonyl (C=O) groups excluding carboxylic acids is 2. The van der Waals surface area contributed by atoms with Crippen LogP contribution in [-0.2, 0) is 27.9 Å². The first-order valence-corrected chi connectivity index (χ1v) is 20.3. The molecule has 2 bridgehead atoms. The first-order chi connectivity index (χ1) is 27.1. The predicted molar refractivity (Wildman–Crippen MR) is 216 cm³/mol. The fraction of sp³-hybridized carbons (Fsp3) is 0.477. The maximum Gasteiger partial charge on any atom is 0.316 e. The first-order valence-electron chi connectivity index (χ1n) is 19.9. The Kier molecular flexibility index (Phi) is 12.4. The third-order valence-electron chi connectivity index (χ3n) is 12.3. The molecule has 1 amide bonds. The smallest absolute Gasteiger partial charge is 0.316 e. The van der Waals surface area contributed by atoms with Gasteiger partial charge in [-0.05, 0) is 98.5 Å². The van der Waals surface area contributed by atoms with Gasteiger partial charge in [0.2, 0.25) is 5.56 Å². The van der Waals surface area contributed by atoms with Crippen LogP contribution in [0.15, 0.2) is 65.5 Å². The molecule has 1 aliphatic carbocycles. The number of piperidine rings is 3. The number of aliphatic hydroxyl groups excluding tert-OH is 1. The number of phenolic OH excluding ortho intramolecular Hbond substituents is 1. The number of aliphatic hydroxyl groups is 1. The number of phenols is 1. The second-order valence-electron chi connectivity index (χ2n) is 15.8. The molecule has 4 fully saturated rings. The van der Waals surface area contributed by atoms with Crippen molar-refractivity contribution in [3.05, 3.63) is 104 Å². The van der Waals surface area contributed by atoms with Gasteiger partial charge in [-0.2, -0.15) is 0 Å². The van der Waals surface area contributed by atoms with E-state index in [1.54, 1.807) is 36.2 Å². The average molecular weight is 785 g/mol. The van der Waals surface area contributed by atoms with Crippen molar-refractivity contribution in [3.63, 3.8) is 0 Å². The molecule has 1 saturated carbocycles. The van der Waals surface area contributed by atoms with Gasteiger partial charge in [0.25, 0.3) is 5.91 Å². The van der Waals surface area contributed by atoms with E-state index in [1.807, 2.05) is 0 Å². The number of pyridine rings is 1. The molecular formula is C44H53ClN4O7. The van der Waals surface area contributed by atoms with Crippen molar-refractivity contribution < 1.29 is 29.3 Å². The lowest BCUT2D eigenvalue weighted by atomic mass is 9.69. The quantitative estimate of drug-likeness (QED) is 0.109. The van der Waals surface area contributed by atoms with Crippen LogP contribution < -0.4 is 15.6 Å². The van der Waals surface area contributed by atoms with Crippen molar-refractivity contribution >= 4 is 34.4 Å². The van der Waals surface area contributed by atoms with Gasteiger partial charge < -0.3 is 34.9 Å². The zero-order chi connectivity index (χ0) is 39.4. The number of aromatic amines is 1. The number of benzene rings is 3. The van der Waals surface area contributed by atoms with E-state index in [-0.39, 0.29) is 41.4 Å². The molecular weight excluding hydrogens is 732 g/mol. The molecule has 3 saturated heterocycles. The van der Waals surface area contributed by atoms with Crippen molar-refractivity contribution in [1.29, 1.82) is 0 Å². The molecule has 3 aromatic carbocycles. The van der Waals surface area contributed by atoms with Gasteiger partial charge in [0.05, 0.1) is 34.7 Å². The molecule has 2 atom stereocenters. The van der Waals surface area contributed by atoms with Crippen molar-refractivity contribution in [3.8, 4) is 11.5 Å². The number of rotatable bonds is 14. The molecule has 1 aromatic heterocycles. The van der Waals surface area contributed by atoms with Gasteiger partial charge in [-0.25, -0.2) is 0 Å². The number of carbonyl (C=O) groups is 2. The number of halogens is 1. The highest BCUT2D eigenvalue weighted by Crippen LogP contribution is 2.42. The van der Waals surface area contributed by atoms with Crippen LogP contribution in [0.5, 0.6) is 11.5 Å². The molecule has 12 heteroatoms. The standard InChI is InChI=1S/C44H53ClN4O7/c1-48(19-7-9-28-8-6-10-31(22-28)44(17-4-3-5-18-44)43(54)56-39-27-49-20-15-29(39)16-21-49)42(53)34-24-38(55-2)30(23-35(34)45)25-46-26-37(51)32-11-13-36(50)41-33(32)12-14-40(52)47-41/h6,8,10-14,22-24,29,37,39,46,50-51H,3-5,7,9,15-21,25-27H2,1-2H3,(H,47,52)/t37-,39-/m0/s1. The van der Waals surface area contributed by atoms with Gasteiger partial charge in [0.1, 0.15) is 17.6 Å². The number of aromatic nitrogens is 1. The number of hydrogen-bond donors (Lipinski definition) is 4. The minimum absolute atomic E-state index is 0.00472. The van der Waals surface area contributed by atoms with Crippen molar-refractivity contribution in [2.24, 2.45) is 5.92 Å². The van der Waals surface area contributed by atoms with E-state index in [1.165, 1.54) is 19.2 Å². The molecule has 11 nitrogen and oxygen atoms in total. The van der Waals surface area contributed by atoms with Crippen LogP contribution in [0.4, 0.5) is 0 Å². The molecule has 0 spiro atoms. The lowest BCUT2D eigenvalue weighted by molar-refractivity contribution is -0.167. The molecule has 4 aliphatic rings. The van der Waals surface area contributed by atoms with Crippen LogP contribution in [0.25, 0.3) is 10.9 Å². The SMILES string of the molecule is COc1cc(C(=O)N(C)CCCc2cccc(C3(C(=O)O[C@H]4CN5CCC4CC5)CCCCC3)c2)c(Cl)cc1CNC[C@H](O)c1ccc(O)c2[nH]c(=O)ccc12. The first kappa shape index (κ1) is 39.8. The molecule has 4 N–H and O–H groups in total. The van der Waals surface area contributed by atoms with Crippen LogP contribution >= 0.6 is 11.6 Å². The summed E-state index contributed by atoms with van der Waals surface area (Å²) in [4.78, 5) is 46.2. The van der Waals surface area contributed by atoms with Crippen molar-refractivity contribution in [2.75, 3.05) is 46.9 Å². The van der Waals surface area contributed by atoms with Gasteiger partial charge >= 0.3 is 5.97 Å². The van der Waals surface area contributed by atoms with Crippen LogP contribution in [0, 0.1) is 5.92 Å². The minimum Gasteiger partial charge on any atom is -0.506 e. The molecule has 0 radical (unpaired) electrons. The number of esters is 1. The summed E-state index contributed by atoms with van der Waals surface area (Å²) in [6.07, 6.45) is 7.57. The maximum absolute atomic E-state index is 14.0. The second kappa shape index (κ2) is 17.4. The summed E-state index contributed by atoms with van der Waals surface area (Å²) in [5, 5.41) is 25.2. The number of ether oxygens (including phenoxy) is 2. The monoisotopic (exact) mass is 784 g/mol. The second-order valence-corrected chi connectivity index (χ2v) is 16.2. The van der Waals surface area contributed by atoms with Crippen molar-refractivity contribution in [2.45, 2.75) is 82.0 Å². The van der Waals surface area contributed by atoms with Crippen LogP contribution in [0.2, 0.25) is 5.02 Å². The number of amides is 1. The van der Waals surface area contributed by atoms with Gasteiger partial charge in [0, 0.05) is 50.2 Å². The summed E-state index contributed by atoms with van der Waals surface area (Å²) in [6, 6.07) is 17.8. The number of aryl methyl sites for hydroxylation is 1. The summed E-state index contributed by atoms with van der Waals surface area (Å²) < 4.78 is 12.0. The number of methoxy groups -OCH3 is 1. The molecule has 0 unspecified atom stereocenters. The summed E-state index contributed by atoms with van der Waals surface area (Å²) in [5.41, 5.74) is 3.11. The van der Waals surface area contributed by atoms with Crippen LogP contribution in [0.3, 0.4) is 0 Å². The number of aromatic hydroxyl groups is 1. The van der Waals surface area contributed by atoms with E-state index in [4.69, 9.17) is 21.1 Å².